The van der Waals surface area contributed by atoms with Crippen molar-refractivity contribution in [3.8, 4) is 0 Å². The lowest BCUT2D eigenvalue weighted by molar-refractivity contribution is 0.112. The zero-order chi connectivity index (χ0) is 10.6. The fourth-order valence-electron chi connectivity index (χ4n) is 1.08. The van der Waals surface area contributed by atoms with Gasteiger partial charge in [0.2, 0.25) is 0 Å². The average molecular weight is 192 g/mol. The van der Waals surface area contributed by atoms with E-state index in [0.717, 1.165) is 6.29 Å². The Hall–Kier alpha value is -1.81. The molecule has 0 aliphatic rings. The number of aldehydes is 1. The van der Waals surface area contributed by atoms with Crippen LogP contribution in [0.4, 0.5) is 5.69 Å². The van der Waals surface area contributed by atoms with Crippen LogP contribution in [0.1, 0.15) is 15.9 Å². The van der Waals surface area contributed by atoms with Crippen molar-refractivity contribution in [2.75, 3.05) is 12.5 Å². The molecule has 0 fully saturated rings. The molecule has 0 unspecified atom stereocenters. The molecule has 0 heterocycles. The van der Waals surface area contributed by atoms with Crippen molar-refractivity contribution in [1.82, 2.24) is 5.43 Å². The molecule has 0 aliphatic heterocycles. The largest absolute Gasteiger partial charge is 0.508 e. The van der Waals surface area contributed by atoms with Crippen LogP contribution in [-0.2, 0) is 0 Å². The van der Waals surface area contributed by atoms with E-state index in [1.807, 2.05) is 0 Å². The second-order valence-electron chi connectivity index (χ2n) is 2.74. The molecule has 0 aromatic heterocycles. The van der Waals surface area contributed by atoms with E-state index in [1.54, 1.807) is 25.2 Å². The third-order valence-electron chi connectivity index (χ3n) is 1.77. The third kappa shape index (κ3) is 2.11. The highest BCUT2D eigenvalue weighted by Crippen LogP contribution is 2.18. The van der Waals surface area contributed by atoms with Crippen LogP contribution in [0.5, 0.6) is 0 Å². The lowest BCUT2D eigenvalue weighted by Gasteiger charge is -2.08. The Bertz CT molecular complexity index is 361. The molecule has 4 heteroatoms. The van der Waals surface area contributed by atoms with E-state index in [1.165, 1.54) is 0 Å². The van der Waals surface area contributed by atoms with E-state index in [9.17, 15) is 4.79 Å². The van der Waals surface area contributed by atoms with Crippen molar-refractivity contribution in [2.45, 2.75) is 0 Å². The van der Waals surface area contributed by atoms with Gasteiger partial charge in [0.05, 0.1) is 5.69 Å². The first-order valence-corrected chi connectivity index (χ1v) is 4.09. The molecule has 0 radical (unpaired) electrons. The normalized spacial score (nSPS) is 9.50. The Labute approximate surface area is 82.2 Å². The summed E-state index contributed by atoms with van der Waals surface area (Å²) in [6, 6.07) is 4.89. The second kappa shape index (κ2) is 4.43. The summed E-state index contributed by atoms with van der Waals surface area (Å²) in [5.74, 6) is -0.0263. The maximum absolute atomic E-state index is 10.6. The fraction of sp³-hybridized carbons (Fsp3) is 0.100. The Kier molecular flexibility index (Phi) is 3.25. The topological polar surface area (TPSA) is 61.4 Å². The summed E-state index contributed by atoms with van der Waals surface area (Å²) in [6.45, 7) is 3.40. The predicted molar refractivity (Wildman–Crippen MR) is 56.2 cm³/mol. The lowest BCUT2D eigenvalue weighted by Crippen LogP contribution is -2.16. The van der Waals surface area contributed by atoms with Crippen LogP contribution in [0.15, 0.2) is 24.8 Å². The Morgan fingerprint density at radius 3 is 2.79 bits per heavy atom. The molecule has 0 aliphatic carbocycles. The SMILES string of the molecule is C=C(O)c1ccc(C=O)c(NNC)c1. The molecule has 1 rings (SSSR count). The zero-order valence-electron chi connectivity index (χ0n) is 7.87. The molecule has 3 N–H and O–H groups in total. The van der Waals surface area contributed by atoms with Gasteiger partial charge in [-0.1, -0.05) is 12.6 Å². The highest BCUT2D eigenvalue weighted by molar-refractivity contribution is 5.85. The second-order valence-corrected chi connectivity index (χ2v) is 2.74. The van der Waals surface area contributed by atoms with E-state index >= 15 is 0 Å². The molecule has 14 heavy (non-hydrogen) atoms. The van der Waals surface area contributed by atoms with Gasteiger partial charge in [-0.05, 0) is 12.1 Å². The standard InChI is InChI=1S/C10H12N2O2/c1-7(14)8-3-4-9(6-13)10(5-8)12-11-2/h3-6,11-12,14H,1H2,2H3. The first-order valence-electron chi connectivity index (χ1n) is 4.09. The molecule has 4 nitrogen and oxygen atoms in total. The first kappa shape index (κ1) is 10.3. The summed E-state index contributed by atoms with van der Waals surface area (Å²) in [5, 5.41) is 9.15. The number of rotatable bonds is 4. The van der Waals surface area contributed by atoms with Crippen LogP contribution >= 0.6 is 0 Å². The van der Waals surface area contributed by atoms with Crippen molar-refractivity contribution in [1.29, 1.82) is 0 Å². The minimum absolute atomic E-state index is 0.0263. The van der Waals surface area contributed by atoms with Gasteiger partial charge in [0.25, 0.3) is 0 Å². The van der Waals surface area contributed by atoms with E-state index in [-0.39, 0.29) is 5.76 Å². The molecular formula is C10H12N2O2. The van der Waals surface area contributed by atoms with E-state index < -0.39 is 0 Å². The molecule has 74 valence electrons. The Morgan fingerprint density at radius 2 is 2.29 bits per heavy atom. The summed E-state index contributed by atoms with van der Waals surface area (Å²) in [5.41, 5.74) is 7.20. The number of nitrogens with one attached hydrogen (secondary N) is 2. The third-order valence-corrected chi connectivity index (χ3v) is 1.77. The monoisotopic (exact) mass is 192 g/mol. The number of anilines is 1. The summed E-state index contributed by atoms with van der Waals surface area (Å²) in [7, 11) is 1.69. The van der Waals surface area contributed by atoms with Gasteiger partial charge in [0, 0.05) is 18.2 Å². The first-order chi connectivity index (χ1) is 6.69. The predicted octanol–water partition coefficient (Wildman–Crippen LogP) is 1.57. The summed E-state index contributed by atoms with van der Waals surface area (Å²) in [6.07, 6.45) is 0.740. The zero-order valence-corrected chi connectivity index (χ0v) is 7.87. The quantitative estimate of drug-likeness (QED) is 0.385. The molecule has 0 atom stereocenters. The van der Waals surface area contributed by atoms with Gasteiger partial charge < -0.3 is 10.5 Å². The molecule has 0 bridgehead atoms. The van der Waals surface area contributed by atoms with Crippen molar-refractivity contribution < 1.29 is 9.90 Å². The van der Waals surface area contributed by atoms with Gasteiger partial charge in [-0.15, -0.1) is 0 Å². The van der Waals surface area contributed by atoms with Crippen molar-refractivity contribution >= 4 is 17.7 Å². The molecule has 0 spiro atoms. The maximum Gasteiger partial charge on any atom is 0.152 e. The van der Waals surface area contributed by atoms with E-state index in [4.69, 9.17) is 5.11 Å². The number of benzene rings is 1. The number of aliphatic hydroxyl groups excluding tert-OH is 1. The van der Waals surface area contributed by atoms with Crippen molar-refractivity contribution in [3.63, 3.8) is 0 Å². The Balaban J connectivity index is 3.13. The van der Waals surface area contributed by atoms with Gasteiger partial charge in [0.15, 0.2) is 6.29 Å². The molecule has 1 aromatic carbocycles. The van der Waals surface area contributed by atoms with Crippen LogP contribution in [0.3, 0.4) is 0 Å². The van der Waals surface area contributed by atoms with Crippen LogP contribution in [0, 0.1) is 0 Å². The molecule has 0 amide bonds. The minimum atomic E-state index is -0.0263. The lowest BCUT2D eigenvalue weighted by atomic mass is 10.1. The number of aliphatic hydroxyl groups is 1. The average Bonchev–Trinajstić information content (AvgIpc) is 2.18. The summed E-state index contributed by atoms with van der Waals surface area (Å²) < 4.78 is 0. The van der Waals surface area contributed by atoms with Crippen molar-refractivity contribution in [3.05, 3.63) is 35.9 Å². The molecule has 0 saturated heterocycles. The van der Waals surface area contributed by atoms with Crippen LogP contribution < -0.4 is 10.9 Å². The van der Waals surface area contributed by atoms with Gasteiger partial charge in [-0.25, -0.2) is 5.43 Å². The van der Waals surface area contributed by atoms with Crippen LogP contribution in [-0.4, -0.2) is 18.4 Å². The summed E-state index contributed by atoms with van der Waals surface area (Å²) in [4.78, 5) is 10.6. The van der Waals surface area contributed by atoms with E-state index in [0.29, 0.717) is 16.8 Å². The molecule has 1 aromatic rings. The van der Waals surface area contributed by atoms with Crippen LogP contribution in [0.2, 0.25) is 0 Å². The molecule has 0 saturated carbocycles. The minimum Gasteiger partial charge on any atom is -0.508 e. The number of carbonyl (C=O) groups is 1. The van der Waals surface area contributed by atoms with Gasteiger partial charge in [0.1, 0.15) is 5.76 Å². The van der Waals surface area contributed by atoms with Gasteiger partial charge in [-0.3, -0.25) is 4.79 Å². The van der Waals surface area contributed by atoms with E-state index in [2.05, 4.69) is 17.4 Å². The number of hydrogen-bond donors (Lipinski definition) is 3. The highest BCUT2D eigenvalue weighted by atomic mass is 16.3. The van der Waals surface area contributed by atoms with Crippen molar-refractivity contribution in [2.24, 2.45) is 0 Å². The van der Waals surface area contributed by atoms with Gasteiger partial charge >= 0.3 is 0 Å². The smallest absolute Gasteiger partial charge is 0.152 e. The molecular weight excluding hydrogens is 180 g/mol. The number of hydrazine groups is 1. The summed E-state index contributed by atoms with van der Waals surface area (Å²) >= 11 is 0. The van der Waals surface area contributed by atoms with Gasteiger partial charge in [-0.2, -0.15) is 0 Å². The maximum atomic E-state index is 10.6. The number of hydrogen-bond acceptors (Lipinski definition) is 4. The fourth-order valence-corrected chi connectivity index (χ4v) is 1.08. The highest BCUT2D eigenvalue weighted by Gasteiger charge is 2.03. The van der Waals surface area contributed by atoms with Crippen LogP contribution in [0.25, 0.3) is 5.76 Å². The Morgan fingerprint density at radius 1 is 1.57 bits per heavy atom. The number of carbonyl (C=O) groups excluding carboxylic acids is 1.